The summed E-state index contributed by atoms with van der Waals surface area (Å²) in [6, 6.07) is 25.0. The zero-order valence-electron chi connectivity index (χ0n) is 23.3. The van der Waals surface area contributed by atoms with Crippen molar-refractivity contribution >= 4 is 45.2 Å². The van der Waals surface area contributed by atoms with Crippen molar-refractivity contribution in [2.24, 2.45) is 0 Å². The molecule has 40 heavy (non-hydrogen) atoms. The van der Waals surface area contributed by atoms with Crippen LogP contribution in [0, 0.1) is 0 Å². The summed E-state index contributed by atoms with van der Waals surface area (Å²) in [5, 5.41) is 6.14. The molecule has 0 bridgehead atoms. The molecule has 1 fully saturated rings. The minimum atomic E-state index is -0.148. The monoisotopic (exact) mass is 551 g/mol. The molecule has 2 aromatic heterocycles. The number of fused-ring (bicyclic) bond motifs is 2. The van der Waals surface area contributed by atoms with Crippen LogP contribution in [0.3, 0.4) is 0 Å². The summed E-state index contributed by atoms with van der Waals surface area (Å²) in [6.07, 6.45) is 8.56. The third-order valence-electron chi connectivity index (χ3n) is 8.20. The lowest BCUT2D eigenvalue weighted by molar-refractivity contribution is 0.0926. The second kappa shape index (κ2) is 11.8. The molecule has 3 aromatic carbocycles. The van der Waals surface area contributed by atoms with Crippen LogP contribution in [-0.2, 0) is 5.75 Å². The van der Waals surface area contributed by atoms with Crippen LogP contribution in [0.4, 0.5) is 5.69 Å². The van der Waals surface area contributed by atoms with Gasteiger partial charge in [-0.3, -0.25) is 4.79 Å². The Morgan fingerprint density at radius 1 is 0.975 bits per heavy atom. The number of carbonyl (C=O) groups excluding carboxylic acids is 1. The first-order valence-electron chi connectivity index (χ1n) is 14.3. The number of furan rings is 1. The largest absolute Gasteiger partial charge is 0.451 e. The molecule has 6 heteroatoms. The minimum absolute atomic E-state index is 0.0132. The number of nitrogens with zero attached hydrogens (tertiary/aromatic N) is 1. The maximum atomic E-state index is 13.8. The minimum Gasteiger partial charge on any atom is -0.451 e. The SMILES string of the molecule is CN(C)c1ccc(C(CNC(=O)c2oc3ccccc3c2CSC2CCCCC2)c2c[nH]c3ccccc23)cc1. The van der Waals surface area contributed by atoms with Crippen molar-refractivity contribution in [3.05, 3.63) is 101 Å². The van der Waals surface area contributed by atoms with E-state index in [1.807, 2.05) is 50.1 Å². The quantitative estimate of drug-likeness (QED) is 0.194. The van der Waals surface area contributed by atoms with Crippen molar-refractivity contribution in [2.45, 2.75) is 49.0 Å². The van der Waals surface area contributed by atoms with Gasteiger partial charge in [0.1, 0.15) is 5.58 Å². The Labute approximate surface area is 240 Å². The molecule has 0 saturated heterocycles. The highest BCUT2D eigenvalue weighted by Crippen LogP contribution is 2.36. The van der Waals surface area contributed by atoms with Gasteiger partial charge in [-0.2, -0.15) is 11.8 Å². The van der Waals surface area contributed by atoms with Crippen LogP contribution in [0.1, 0.15) is 65.3 Å². The zero-order valence-corrected chi connectivity index (χ0v) is 24.1. The van der Waals surface area contributed by atoms with Crippen LogP contribution in [0.5, 0.6) is 0 Å². The average molecular weight is 552 g/mol. The highest BCUT2D eigenvalue weighted by molar-refractivity contribution is 7.99. The van der Waals surface area contributed by atoms with Crippen LogP contribution in [0.2, 0.25) is 0 Å². The molecule has 0 radical (unpaired) electrons. The number of anilines is 1. The molecule has 2 N–H and O–H groups in total. The summed E-state index contributed by atoms with van der Waals surface area (Å²) in [5.74, 6) is 1.08. The van der Waals surface area contributed by atoms with Crippen LogP contribution in [0.15, 0.2) is 83.4 Å². The number of rotatable bonds is 9. The molecule has 0 spiro atoms. The van der Waals surface area contributed by atoms with Crippen molar-refractivity contribution in [3.63, 3.8) is 0 Å². The van der Waals surface area contributed by atoms with E-state index in [0.717, 1.165) is 39.1 Å². The Bertz CT molecular complexity index is 1590. The van der Waals surface area contributed by atoms with Gasteiger partial charge in [-0.25, -0.2) is 0 Å². The molecular weight excluding hydrogens is 514 g/mol. The summed E-state index contributed by atoms with van der Waals surface area (Å²) in [4.78, 5) is 19.3. The Hall–Kier alpha value is -3.64. The van der Waals surface area contributed by atoms with E-state index in [1.54, 1.807) is 0 Å². The predicted molar refractivity (Wildman–Crippen MR) is 168 cm³/mol. The smallest absolute Gasteiger partial charge is 0.287 e. The van der Waals surface area contributed by atoms with Gasteiger partial charge in [-0.1, -0.05) is 67.8 Å². The van der Waals surface area contributed by atoms with Crippen molar-refractivity contribution in [1.82, 2.24) is 10.3 Å². The fourth-order valence-electron chi connectivity index (χ4n) is 5.93. The molecule has 0 aliphatic heterocycles. The number of thioether (sulfide) groups is 1. The van der Waals surface area contributed by atoms with Crippen LogP contribution in [-0.4, -0.2) is 36.8 Å². The molecule has 5 nitrogen and oxygen atoms in total. The number of nitrogens with one attached hydrogen (secondary N) is 2. The zero-order chi connectivity index (χ0) is 27.5. The number of para-hydroxylation sites is 2. The molecule has 1 atom stereocenters. The number of benzene rings is 3. The van der Waals surface area contributed by atoms with Crippen LogP contribution in [0.25, 0.3) is 21.9 Å². The number of aromatic nitrogens is 1. The van der Waals surface area contributed by atoms with E-state index in [1.165, 1.54) is 43.1 Å². The first-order chi connectivity index (χ1) is 19.6. The Morgan fingerprint density at radius 2 is 1.70 bits per heavy atom. The molecule has 1 unspecified atom stereocenters. The van der Waals surface area contributed by atoms with E-state index >= 15 is 0 Å². The number of carbonyl (C=O) groups is 1. The number of hydrogen-bond donors (Lipinski definition) is 2. The number of H-pyrrole nitrogens is 1. The first-order valence-corrected chi connectivity index (χ1v) is 15.4. The Morgan fingerprint density at radius 3 is 2.48 bits per heavy atom. The van der Waals surface area contributed by atoms with Crippen molar-refractivity contribution < 1.29 is 9.21 Å². The molecule has 5 aromatic rings. The molecule has 1 aliphatic rings. The normalized spacial score (nSPS) is 14.9. The Kier molecular flexibility index (Phi) is 7.87. The second-order valence-corrected chi connectivity index (χ2v) is 12.3. The summed E-state index contributed by atoms with van der Waals surface area (Å²) in [5.41, 5.74) is 6.37. The van der Waals surface area contributed by atoms with Gasteiger partial charge in [0.15, 0.2) is 5.76 Å². The van der Waals surface area contributed by atoms with Crippen molar-refractivity contribution in [2.75, 3.05) is 25.5 Å². The highest BCUT2D eigenvalue weighted by Gasteiger charge is 2.25. The average Bonchev–Trinajstić information content (AvgIpc) is 3.59. The fraction of sp³-hybridized carbons (Fsp3) is 0.324. The lowest BCUT2D eigenvalue weighted by Gasteiger charge is -2.21. The van der Waals surface area contributed by atoms with Gasteiger partial charge < -0.3 is 19.6 Å². The van der Waals surface area contributed by atoms with Crippen LogP contribution >= 0.6 is 11.8 Å². The molecule has 2 heterocycles. The molecule has 1 saturated carbocycles. The molecule has 1 aliphatic carbocycles. The molecule has 206 valence electrons. The third-order valence-corrected chi connectivity index (χ3v) is 9.59. The first kappa shape index (κ1) is 26.6. The van der Waals surface area contributed by atoms with Gasteiger partial charge in [0.2, 0.25) is 0 Å². The van der Waals surface area contributed by atoms with Crippen LogP contribution < -0.4 is 10.2 Å². The van der Waals surface area contributed by atoms with E-state index in [-0.39, 0.29) is 11.8 Å². The van der Waals surface area contributed by atoms with Gasteiger partial charge >= 0.3 is 0 Å². The van der Waals surface area contributed by atoms with Gasteiger partial charge in [-0.05, 0) is 48.2 Å². The maximum Gasteiger partial charge on any atom is 0.287 e. The summed E-state index contributed by atoms with van der Waals surface area (Å²) in [7, 11) is 4.09. The van der Waals surface area contributed by atoms with Gasteiger partial charge in [0.25, 0.3) is 5.91 Å². The third kappa shape index (κ3) is 5.50. The van der Waals surface area contributed by atoms with Crippen molar-refractivity contribution in [3.8, 4) is 0 Å². The van der Waals surface area contributed by atoms with E-state index in [9.17, 15) is 4.79 Å². The van der Waals surface area contributed by atoms with E-state index < -0.39 is 0 Å². The summed E-state index contributed by atoms with van der Waals surface area (Å²) < 4.78 is 6.20. The van der Waals surface area contributed by atoms with E-state index in [2.05, 4.69) is 69.9 Å². The second-order valence-electron chi connectivity index (χ2n) is 11.0. The van der Waals surface area contributed by atoms with Gasteiger partial charge in [-0.15, -0.1) is 0 Å². The summed E-state index contributed by atoms with van der Waals surface area (Å²) in [6.45, 7) is 0.467. The molecule has 1 amide bonds. The topological polar surface area (TPSA) is 61.3 Å². The molecular formula is C34H37N3O2S. The van der Waals surface area contributed by atoms with Crippen molar-refractivity contribution in [1.29, 1.82) is 0 Å². The number of hydrogen-bond acceptors (Lipinski definition) is 4. The predicted octanol–water partition coefficient (Wildman–Crippen LogP) is 8.11. The highest BCUT2D eigenvalue weighted by atomic mass is 32.2. The van der Waals surface area contributed by atoms with E-state index in [4.69, 9.17) is 4.42 Å². The number of aromatic amines is 1. The fourth-order valence-corrected chi connectivity index (χ4v) is 7.28. The lowest BCUT2D eigenvalue weighted by atomic mass is 9.90. The maximum absolute atomic E-state index is 13.8. The van der Waals surface area contributed by atoms with Gasteiger partial charge in [0.05, 0.1) is 0 Å². The standard InChI is InChI=1S/C34H37N3O2S/c1-37(2)24-18-16-23(17-19-24)28(29-21-35-31-14-8-6-12-26(29)31)20-36-34(38)33-30(22-40-25-10-4-3-5-11-25)27-13-7-9-15-32(27)39-33/h6-9,12-19,21,25,28,35H,3-5,10-11,20,22H2,1-2H3,(H,36,38). The number of amides is 1. The lowest BCUT2D eigenvalue weighted by Crippen LogP contribution is -2.29. The summed E-state index contributed by atoms with van der Waals surface area (Å²) >= 11 is 1.98. The molecule has 6 rings (SSSR count). The Balaban J connectivity index is 1.28. The van der Waals surface area contributed by atoms with E-state index in [0.29, 0.717) is 17.6 Å². The van der Waals surface area contributed by atoms with Gasteiger partial charge in [0, 0.05) is 71.3 Å².